The highest BCUT2D eigenvalue weighted by atomic mass is 16.2. The zero-order valence-corrected chi connectivity index (χ0v) is 12.4. The van der Waals surface area contributed by atoms with Crippen molar-refractivity contribution in [1.82, 2.24) is 15.3 Å². The Morgan fingerprint density at radius 2 is 2.05 bits per heavy atom. The largest absolute Gasteiger partial charge is 0.341 e. The van der Waals surface area contributed by atoms with Gasteiger partial charge in [-0.3, -0.25) is 9.78 Å². The van der Waals surface area contributed by atoms with Crippen LogP contribution in [0.2, 0.25) is 0 Å². The minimum absolute atomic E-state index is 0.165. The third-order valence-corrected chi connectivity index (χ3v) is 4.14. The quantitative estimate of drug-likeness (QED) is 0.921. The minimum atomic E-state index is -0.335. The summed E-state index contributed by atoms with van der Waals surface area (Å²) in [5.41, 5.74) is 3.37. The number of aromatic nitrogens is 2. The van der Waals surface area contributed by atoms with Gasteiger partial charge in [0.2, 0.25) is 0 Å². The number of benzene rings is 1. The number of carbonyl (C=O) groups is 1. The molecule has 21 heavy (non-hydrogen) atoms. The van der Waals surface area contributed by atoms with Crippen LogP contribution < -0.4 is 5.32 Å². The Hall–Kier alpha value is -2.23. The molecule has 0 radical (unpaired) electrons. The Morgan fingerprint density at radius 1 is 1.24 bits per heavy atom. The van der Waals surface area contributed by atoms with E-state index < -0.39 is 0 Å². The molecular weight excluding hydrogens is 262 g/mol. The number of aryl methyl sites for hydroxylation is 2. The fourth-order valence-electron chi connectivity index (χ4n) is 3.00. The van der Waals surface area contributed by atoms with Gasteiger partial charge in [0.05, 0.1) is 17.4 Å². The summed E-state index contributed by atoms with van der Waals surface area (Å²) in [5.74, 6) is -0.165. The van der Waals surface area contributed by atoms with Crippen LogP contribution in [0.25, 0.3) is 0 Å². The van der Waals surface area contributed by atoms with Crippen LogP contribution in [0.3, 0.4) is 0 Å². The molecule has 0 fully saturated rings. The van der Waals surface area contributed by atoms with E-state index in [-0.39, 0.29) is 11.4 Å². The average Bonchev–Trinajstić information content (AvgIpc) is 2.48. The van der Waals surface area contributed by atoms with Crippen molar-refractivity contribution in [2.45, 2.75) is 38.6 Å². The maximum absolute atomic E-state index is 12.4. The maximum Gasteiger partial charge on any atom is 0.272 e. The van der Waals surface area contributed by atoms with Crippen molar-refractivity contribution >= 4 is 5.91 Å². The number of hydrogen-bond donors (Lipinski definition) is 1. The topological polar surface area (TPSA) is 54.9 Å². The van der Waals surface area contributed by atoms with Gasteiger partial charge in [0.25, 0.3) is 5.91 Å². The molecule has 4 heteroatoms. The molecule has 0 aliphatic heterocycles. The van der Waals surface area contributed by atoms with E-state index in [1.54, 1.807) is 6.20 Å². The number of fused-ring (bicyclic) bond motifs is 1. The van der Waals surface area contributed by atoms with Crippen LogP contribution in [0.5, 0.6) is 0 Å². The number of amides is 1. The number of carbonyl (C=O) groups excluding carboxylic acids is 1. The summed E-state index contributed by atoms with van der Waals surface area (Å²) >= 11 is 0. The van der Waals surface area contributed by atoms with E-state index in [4.69, 9.17) is 0 Å². The Balaban J connectivity index is 1.87. The first-order chi connectivity index (χ1) is 10.1. The fraction of sp³-hybridized carbons (Fsp3) is 0.353. The second-order valence-corrected chi connectivity index (χ2v) is 5.84. The van der Waals surface area contributed by atoms with Crippen LogP contribution in [0.1, 0.15) is 47.1 Å². The van der Waals surface area contributed by atoms with Crippen molar-refractivity contribution in [3.05, 3.63) is 59.2 Å². The first kappa shape index (κ1) is 13.7. The normalized spacial score (nSPS) is 20.7. The van der Waals surface area contributed by atoms with Gasteiger partial charge in [-0.15, -0.1) is 0 Å². The molecule has 1 heterocycles. The van der Waals surface area contributed by atoms with Gasteiger partial charge in [-0.05, 0) is 44.2 Å². The molecule has 108 valence electrons. The SMILES string of the molecule is Cc1cnc(C(=O)NC2(C)CCCc3ccccc32)cn1. The first-order valence-electron chi connectivity index (χ1n) is 7.28. The molecule has 2 aromatic rings. The van der Waals surface area contributed by atoms with Crippen molar-refractivity contribution < 1.29 is 4.79 Å². The predicted molar refractivity (Wildman–Crippen MR) is 81.0 cm³/mol. The Bertz CT molecular complexity index is 666. The molecule has 0 spiro atoms. The van der Waals surface area contributed by atoms with Gasteiger partial charge in [0, 0.05) is 6.20 Å². The van der Waals surface area contributed by atoms with Crippen LogP contribution in [0.4, 0.5) is 0 Å². The third-order valence-electron chi connectivity index (χ3n) is 4.14. The molecule has 1 amide bonds. The lowest BCUT2D eigenvalue weighted by Gasteiger charge is -2.36. The third kappa shape index (κ3) is 2.66. The Kier molecular flexibility index (Phi) is 3.45. The molecule has 1 aromatic carbocycles. The molecule has 1 unspecified atom stereocenters. The molecule has 3 rings (SSSR count). The lowest BCUT2D eigenvalue weighted by molar-refractivity contribution is 0.0889. The van der Waals surface area contributed by atoms with Crippen LogP contribution in [0.15, 0.2) is 36.7 Å². The molecule has 1 atom stereocenters. The minimum Gasteiger partial charge on any atom is -0.341 e. The van der Waals surface area contributed by atoms with E-state index in [1.807, 2.05) is 13.0 Å². The first-order valence-corrected chi connectivity index (χ1v) is 7.28. The standard InChI is InChI=1S/C17H19N3O/c1-12-10-19-15(11-18-12)16(21)20-17(2)9-5-7-13-6-3-4-8-14(13)17/h3-4,6,8,10-11H,5,7,9H2,1-2H3,(H,20,21). The van der Waals surface area contributed by atoms with Crippen LogP contribution in [-0.4, -0.2) is 15.9 Å². The summed E-state index contributed by atoms with van der Waals surface area (Å²) in [6.07, 6.45) is 6.24. The zero-order chi connectivity index (χ0) is 14.9. The second kappa shape index (κ2) is 5.28. The van der Waals surface area contributed by atoms with Crippen LogP contribution in [-0.2, 0) is 12.0 Å². The number of rotatable bonds is 2. The van der Waals surface area contributed by atoms with Gasteiger partial charge in [0.15, 0.2) is 0 Å². The maximum atomic E-state index is 12.4. The van der Waals surface area contributed by atoms with Gasteiger partial charge >= 0.3 is 0 Å². The zero-order valence-electron chi connectivity index (χ0n) is 12.4. The fourth-order valence-corrected chi connectivity index (χ4v) is 3.00. The molecule has 1 aliphatic carbocycles. The monoisotopic (exact) mass is 281 g/mol. The summed E-state index contributed by atoms with van der Waals surface area (Å²) < 4.78 is 0. The predicted octanol–water partition coefficient (Wildman–Crippen LogP) is 2.77. The Morgan fingerprint density at radius 3 is 2.81 bits per heavy atom. The molecule has 1 aliphatic rings. The van der Waals surface area contributed by atoms with Gasteiger partial charge in [-0.25, -0.2) is 4.98 Å². The van der Waals surface area contributed by atoms with Crippen molar-refractivity contribution in [1.29, 1.82) is 0 Å². The van der Waals surface area contributed by atoms with Crippen molar-refractivity contribution in [3.63, 3.8) is 0 Å². The van der Waals surface area contributed by atoms with Gasteiger partial charge in [-0.1, -0.05) is 24.3 Å². The molecule has 0 bridgehead atoms. The van der Waals surface area contributed by atoms with E-state index in [0.29, 0.717) is 5.69 Å². The van der Waals surface area contributed by atoms with Crippen molar-refractivity contribution in [3.8, 4) is 0 Å². The molecule has 1 aromatic heterocycles. The van der Waals surface area contributed by atoms with Crippen LogP contribution in [0, 0.1) is 6.92 Å². The van der Waals surface area contributed by atoms with E-state index in [1.165, 1.54) is 17.3 Å². The lowest BCUT2D eigenvalue weighted by atomic mass is 9.77. The highest BCUT2D eigenvalue weighted by Gasteiger charge is 2.33. The van der Waals surface area contributed by atoms with E-state index in [9.17, 15) is 4.79 Å². The summed E-state index contributed by atoms with van der Waals surface area (Å²) in [6.45, 7) is 3.94. The van der Waals surface area contributed by atoms with E-state index in [2.05, 4.69) is 40.4 Å². The van der Waals surface area contributed by atoms with Gasteiger partial charge in [-0.2, -0.15) is 0 Å². The summed E-state index contributed by atoms with van der Waals surface area (Å²) in [4.78, 5) is 20.7. The molecule has 4 nitrogen and oxygen atoms in total. The van der Waals surface area contributed by atoms with Crippen molar-refractivity contribution in [2.75, 3.05) is 0 Å². The molecule has 1 N–H and O–H groups in total. The summed E-state index contributed by atoms with van der Waals surface area (Å²) in [7, 11) is 0. The molecule has 0 saturated carbocycles. The van der Waals surface area contributed by atoms with Gasteiger partial charge < -0.3 is 5.32 Å². The average molecular weight is 281 g/mol. The molecular formula is C17H19N3O. The lowest BCUT2D eigenvalue weighted by Crippen LogP contribution is -2.45. The van der Waals surface area contributed by atoms with E-state index >= 15 is 0 Å². The summed E-state index contributed by atoms with van der Waals surface area (Å²) in [5, 5.41) is 3.15. The second-order valence-electron chi connectivity index (χ2n) is 5.84. The highest BCUT2D eigenvalue weighted by Crippen LogP contribution is 2.34. The molecule has 0 saturated heterocycles. The van der Waals surface area contributed by atoms with Crippen molar-refractivity contribution in [2.24, 2.45) is 0 Å². The number of nitrogens with one attached hydrogen (secondary N) is 1. The number of nitrogens with zero attached hydrogens (tertiary/aromatic N) is 2. The summed E-state index contributed by atoms with van der Waals surface area (Å²) in [6, 6.07) is 8.33. The number of hydrogen-bond acceptors (Lipinski definition) is 3. The van der Waals surface area contributed by atoms with E-state index in [0.717, 1.165) is 25.0 Å². The smallest absolute Gasteiger partial charge is 0.272 e. The van der Waals surface area contributed by atoms with Gasteiger partial charge in [0.1, 0.15) is 5.69 Å². The Labute approximate surface area is 124 Å². The highest BCUT2D eigenvalue weighted by molar-refractivity contribution is 5.92. The van der Waals surface area contributed by atoms with Crippen LogP contribution >= 0.6 is 0 Å².